The molecule has 1 aromatic carbocycles. The number of rotatable bonds is 4. The molecular formula is C17H25N3O2. The van der Waals surface area contributed by atoms with E-state index in [4.69, 9.17) is 10.5 Å². The molecule has 2 saturated heterocycles. The van der Waals surface area contributed by atoms with Gasteiger partial charge in [-0.25, -0.2) is 0 Å². The second kappa shape index (κ2) is 6.26. The number of fused-ring (bicyclic) bond motifs is 1. The van der Waals surface area contributed by atoms with E-state index in [0.29, 0.717) is 6.04 Å². The molecule has 22 heavy (non-hydrogen) atoms. The quantitative estimate of drug-likeness (QED) is 0.911. The van der Waals surface area contributed by atoms with Gasteiger partial charge in [0.1, 0.15) is 11.8 Å². The van der Waals surface area contributed by atoms with Crippen LogP contribution in [0.1, 0.15) is 30.0 Å². The van der Waals surface area contributed by atoms with E-state index < -0.39 is 0 Å². The highest BCUT2D eigenvalue weighted by Crippen LogP contribution is 2.31. The molecule has 2 aliphatic rings. The Labute approximate surface area is 132 Å². The number of hydrogen-bond donors (Lipinski definition) is 1. The first-order valence-electron chi connectivity index (χ1n) is 8.02. The average molecular weight is 303 g/mol. The van der Waals surface area contributed by atoms with Crippen molar-refractivity contribution >= 4 is 5.91 Å². The maximum Gasteiger partial charge on any atom is 0.239 e. The van der Waals surface area contributed by atoms with Gasteiger partial charge in [0.25, 0.3) is 0 Å². The zero-order valence-electron chi connectivity index (χ0n) is 13.4. The smallest absolute Gasteiger partial charge is 0.239 e. The summed E-state index contributed by atoms with van der Waals surface area (Å²) in [5.41, 5.74) is 7.80. The number of nitrogens with two attached hydrogens (primary N) is 1. The number of ether oxygens (including phenoxy) is 1. The predicted octanol–water partition coefficient (Wildman–Crippen LogP) is 1.31. The van der Waals surface area contributed by atoms with E-state index in [2.05, 4.69) is 9.80 Å². The topological polar surface area (TPSA) is 58.8 Å². The van der Waals surface area contributed by atoms with E-state index in [9.17, 15) is 4.79 Å². The molecule has 120 valence electrons. The third kappa shape index (κ3) is 2.83. The van der Waals surface area contributed by atoms with Gasteiger partial charge in [0.2, 0.25) is 5.91 Å². The number of carbonyl (C=O) groups is 1. The first-order valence-corrected chi connectivity index (χ1v) is 8.02. The summed E-state index contributed by atoms with van der Waals surface area (Å²) in [5, 5.41) is 0. The van der Waals surface area contributed by atoms with Crippen molar-refractivity contribution < 1.29 is 9.53 Å². The van der Waals surface area contributed by atoms with E-state index in [1.807, 2.05) is 25.1 Å². The number of aryl methyl sites for hydroxylation is 1. The van der Waals surface area contributed by atoms with Crippen LogP contribution >= 0.6 is 0 Å². The molecule has 0 aliphatic carbocycles. The van der Waals surface area contributed by atoms with Crippen LogP contribution in [0.15, 0.2) is 18.2 Å². The van der Waals surface area contributed by atoms with Crippen molar-refractivity contribution in [3.05, 3.63) is 29.3 Å². The van der Waals surface area contributed by atoms with Gasteiger partial charge in [-0.1, -0.05) is 6.07 Å². The second-order valence-corrected chi connectivity index (χ2v) is 6.35. The molecule has 0 bridgehead atoms. The molecule has 0 aromatic heterocycles. The van der Waals surface area contributed by atoms with E-state index >= 15 is 0 Å². The highest BCUT2D eigenvalue weighted by atomic mass is 16.5. The van der Waals surface area contributed by atoms with Gasteiger partial charge >= 0.3 is 0 Å². The van der Waals surface area contributed by atoms with Crippen LogP contribution < -0.4 is 10.5 Å². The van der Waals surface area contributed by atoms with Crippen molar-refractivity contribution in [3.63, 3.8) is 0 Å². The number of piperazine rings is 1. The van der Waals surface area contributed by atoms with Gasteiger partial charge in [-0.15, -0.1) is 0 Å². The SMILES string of the molecule is COc1ccc(C(C(N)=O)N2CCN3CCC[C@@H]3C2)c(C)c1. The Morgan fingerprint density at radius 3 is 2.86 bits per heavy atom. The van der Waals surface area contributed by atoms with E-state index in [-0.39, 0.29) is 11.9 Å². The van der Waals surface area contributed by atoms with Crippen molar-refractivity contribution in [3.8, 4) is 5.75 Å². The molecule has 2 N–H and O–H groups in total. The number of primary amides is 1. The lowest BCUT2D eigenvalue weighted by atomic mass is 9.97. The minimum absolute atomic E-state index is 0.264. The molecule has 5 heteroatoms. The lowest BCUT2D eigenvalue weighted by molar-refractivity contribution is -0.124. The molecule has 2 aliphatic heterocycles. The van der Waals surface area contributed by atoms with E-state index in [1.165, 1.54) is 19.4 Å². The summed E-state index contributed by atoms with van der Waals surface area (Å²) < 4.78 is 5.26. The predicted molar refractivity (Wildman–Crippen MR) is 85.8 cm³/mol. The van der Waals surface area contributed by atoms with Crippen LogP contribution in [0.4, 0.5) is 0 Å². The summed E-state index contributed by atoms with van der Waals surface area (Å²) in [5.74, 6) is 0.546. The number of benzene rings is 1. The van der Waals surface area contributed by atoms with Crippen LogP contribution in [0.5, 0.6) is 5.75 Å². The molecule has 2 heterocycles. The molecule has 0 radical (unpaired) electrons. The number of amides is 1. The average Bonchev–Trinajstić information content (AvgIpc) is 2.96. The van der Waals surface area contributed by atoms with Crippen molar-refractivity contribution in [2.75, 3.05) is 33.3 Å². The fourth-order valence-corrected chi connectivity index (χ4v) is 3.86. The molecular weight excluding hydrogens is 278 g/mol. The monoisotopic (exact) mass is 303 g/mol. The maximum absolute atomic E-state index is 12.1. The fraction of sp³-hybridized carbons (Fsp3) is 0.588. The molecule has 5 nitrogen and oxygen atoms in total. The van der Waals surface area contributed by atoms with Crippen LogP contribution in [0.25, 0.3) is 0 Å². The third-order valence-electron chi connectivity index (χ3n) is 5.02. The molecule has 2 atom stereocenters. The van der Waals surface area contributed by atoms with Gasteiger partial charge in [0.15, 0.2) is 0 Å². The Bertz CT molecular complexity index is 561. The zero-order valence-corrected chi connectivity index (χ0v) is 13.4. The van der Waals surface area contributed by atoms with Gasteiger partial charge in [-0.05, 0) is 49.6 Å². The summed E-state index contributed by atoms with van der Waals surface area (Å²) in [6, 6.07) is 6.09. The van der Waals surface area contributed by atoms with Crippen LogP contribution in [-0.2, 0) is 4.79 Å². The number of methoxy groups -OCH3 is 1. The van der Waals surface area contributed by atoms with Crippen molar-refractivity contribution in [2.24, 2.45) is 5.73 Å². The fourth-order valence-electron chi connectivity index (χ4n) is 3.86. The molecule has 1 amide bonds. The lowest BCUT2D eigenvalue weighted by Crippen LogP contribution is -2.53. The van der Waals surface area contributed by atoms with Gasteiger partial charge in [-0.2, -0.15) is 0 Å². The number of hydrogen-bond acceptors (Lipinski definition) is 4. The van der Waals surface area contributed by atoms with Crippen LogP contribution in [0.3, 0.4) is 0 Å². The summed E-state index contributed by atoms with van der Waals surface area (Å²) in [6.07, 6.45) is 2.49. The summed E-state index contributed by atoms with van der Waals surface area (Å²) in [6.45, 7) is 6.07. The third-order valence-corrected chi connectivity index (χ3v) is 5.02. The number of carbonyl (C=O) groups excluding carboxylic acids is 1. The Morgan fingerprint density at radius 1 is 1.36 bits per heavy atom. The van der Waals surface area contributed by atoms with Crippen LogP contribution in [0, 0.1) is 6.92 Å². The molecule has 0 spiro atoms. The Kier molecular flexibility index (Phi) is 4.36. The van der Waals surface area contributed by atoms with Crippen LogP contribution in [0.2, 0.25) is 0 Å². The highest BCUT2D eigenvalue weighted by Gasteiger charge is 2.36. The minimum atomic E-state index is -0.339. The largest absolute Gasteiger partial charge is 0.497 e. The standard InChI is InChI=1S/C17H25N3O2/c1-12-10-14(22-2)5-6-15(12)16(17(18)21)20-9-8-19-7-3-4-13(19)11-20/h5-6,10,13,16H,3-4,7-9,11H2,1-2H3,(H2,18,21)/t13-,16?/m1/s1. The van der Waals surface area contributed by atoms with Crippen molar-refractivity contribution in [1.82, 2.24) is 9.80 Å². The van der Waals surface area contributed by atoms with Crippen LogP contribution in [-0.4, -0.2) is 55.0 Å². The summed E-state index contributed by atoms with van der Waals surface area (Å²) in [4.78, 5) is 16.9. The normalized spacial score (nSPS) is 24.0. The second-order valence-electron chi connectivity index (χ2n) is 6.35. The summed E-state index contributed by atoms with van der Waals surface area (Å²) in [7, 11) is 1.65. The Balaban J connectivity index is 1.85. The van der Waals surface area contributed by atoms with E-state index in [0.717, 1.165) is 36.5 Å². The van der Waals surface area contributed by atoms with Crippen molar-refractivity contribution in [2.45, 2.75) is 31.8 Å². The highest BCUT2D eigenvalue weighted by molar-refractivity contribution is 5.82. The minimum Gasteiger partial charge on any atom is -0.497 e. The summed E-state index contributed by atoms with van der Waals surface area (Å²) >= 11 is 0. The first-order chi connectivity index (χ1) is 10.6. The molecule has 0 saturated carbocycles. The maximum atomic E-state index is 12.1. The Morgan fingerprint density at radius 2 is 2.18 bits per heavy atom. The molecule has 1 aromatic rings. The molecule has 2 fully saturated rings. The number of nitrogens with zero attached hydrogens (tertiary/aromatic N) is 2. The molecule has 1 unspecified atom stereocenters. The van der Waals surface area contributed by atoms with Gasteiger partial charge in [0.05, 0.1) is 7.11 Å². The zero-order chi connectivity index (χ0) is 15.7. The lowest BCUT2D eigenvalue weighted by Gasteiger charge is -2.41. The van der Waals surface area contributed by atoms with Crippen molar-refractivity contribution in [1.29, 1.82) is 0 Å². The van der Waals surface area contributed by atoms with Gasteiger partial charge in [-0.3, -0.25) is 14.6 Å². The van der Waals surface area contributed by atoms with Gasteiger partial charge in [0, 0.05) is 25.7 Å². The first kappa shape index (κ1) is 15.3. The van der Waals surface area contributed by atoms with Gasteiger partial charge < -0.3 is 10.5 Å². The van der Waals surface area contributed by atoms with E-state index in [1.54, 1.807) is 7.11 Å². The molecule has 3 rings (SSSR count). The Hall–Kier alpha value is -1.59.